The fourth-order valence-corrected chi connectivity index (χ4v) is 3.28. The van der Waals surface area contributed by atoms with Crippen LogP contribution in [-0.2, 0) is 11.8 Å². The summed E-state index contributed by atoms with van der Waals surface area (Å²) in [6.07, 6.45) is 0. The smallest absolute Gasteiger partial charge is 0.237 e. The molecule has 0 saturated heterocycles. The number of anilines is 1. The van der Waals surface area contributed by atoms with Gasteiger partial charge in [0.2, 0.25) is 5.91 Å². The van der Waals surface area contributed by atoms with E-state index in [9.17, 15) is 9.18 Å². The van der Waals surface area contributed by atoms with Crippen LogP contribution in [0, 0.1) is 5.82 Å². The Labute approximate surface area is 159 Å². The number of nitrogens with one attached hydrogen (secondary N) is 1. The van der Waals surface area contributed by atoms with Crippen LogP contribution in [-0.4, -0.2) is 25.9 Å². The monoisotopic (exact) mass is 390 g/mol. The number of carbonyl (C=O) groups is 1. The second-order valence-corrected chi connectivity index (χ2v) is 7.32. The number of aromatic nitrogens is 3. The maximum absolute atomic E-state index is 13.2. The number of halogens is 2. The molecular weight excluding hydrogens is 375 g/mol. The highest BCUT2D eigenvalue weighted by molar-refractivity contribution is 8.00. The predicted molar refractivity (Wildman–Crippen MR) is 102 cm³/mol. The molecule has 26 heavy (non-hydrogen) atoms. The highest BCUT2D eigenvalue weighted by Crippen LogP contribution is 2.26. The Bertz CT molecular complexity index is 932. The third kappa shape index (κ3) is 4.05. The molecule has 0 aliphatic carbocycles. The molecule has 2 aromatic carbocycles. The van der Waals surface area contributed by atoms with Gasteiger partial charge < -0.3 is 9.88 Å². The van der Waals surface area contributed by atoms with E-state index >= 15 is 0 Å². The summed E-state index contributed by atoms with van der Waals surface area (Å²) in [6, 6.07) is 13.8. The van der Waals surface area contributed by atoms with Crippen LogP contribution in [0.15, 0.2) is 53.7 Å². The summed E-state index contributed by atoms with van der Waals surface area (Å²) in [5.74, 6) is -0.0347. The average molecular weight is 391 g/mol. The van der Waals surface area contributed by atoms with Crippen LogP contribution >= 0.6 is 23.4 Å². The first-order valence-electron chi connectivity index (χ1n) is 7.83. The topological polar surface area (TPSA) is 59.8 Å². The van der Waals surface area contributed by atoms with Gasteiger partial charge in [-0.25, -0.2) is 4.39 Å². The van der Waals surface area contributed by atoms with Gasteiger partial charge in [-0.05, 0) is 25.1 Å². The van der Waals surface area contributed by atoms with Gasteiger partial charge in [-0.3, -0.25) is 4.79 Å². The molecule has 1 amide bonds. The van der Waals surface area contributed by atoms with Gasteiger partial charge in [0.05, 0.1) is 10.3 Å². The highest BCUT2D eigenvalue weighted by atomic mass is 35.5. The lowest BCUT2D eigenvalue weighted by Gasteiger charge is -2.12. The number of rotatable bonds is 5. The molecule has 0 bridgehead atoms. The minimum Gasteiger partial charge on any atom is -0.325 e. The van der Waals surface area contributed by atoms with E-state index in [0.29, 0.717) is 10.8 Å². The Balaban J connectivity index is 1.69. The molecule has 0 fully saturated rings. The van der Waals surface area contributed by atoms with Gasteiger partial charge in [0.15, 0.2) is 11.0 Å². The number of nitrogens with zero attached hydrogens (tertiary/aromatic N) is 3. The highest BCUT2D eigenvalue weighted by Gasteiger charge is 2.19. The van der Waals surface area contributed by atoms with E-state index in [1.807, 2.05) is 41.9 Å². The summed E-state index contributed by atoms with van der Waals surface area (Å²) < 4.78 is 15.0. The molecule has 0 aliphatic heterocycles. The zero-order valence-electron chi connectivity index (χ0n) is 14.1. The standard InChI is InChI=1S/C18H16ClFN4OS/c1-11(17(25)21-13-8-9-15(20)14(19)10-13)26-18-23-22-16(24(18)2)12-6-4-3-5-7-12/h3-11H,1-2H3,(H,21,25)/t11-/m1/s1. The Morgan fingerprint density at radius 3 is 2.65 bits per heavy atom. The van der Waals surface area contributed by atoms with Gasteiger partial charge in [-0.15, -0.1) is 10.2 Å². The molecule has 0 spiro atoms. The van der Waals surface area contributed by atoms with Crippen molar-refractivity contribution in [2.24, 2.45) is 7.05 Å². The summed E-state index contributed by atoms with van der Waals surface area (Å²) in [7, 11) is 1.86. The maximum atomic E-state index is 13.2. The summed E-state index contributed by atoms with van der Waals surface area (Å²) >= 11 is 7.03. The van der Waals surface area contributed by atoms with E-state index in [0.717, 1.165) is 11.4 Å². The van der Waals surface area contributed by atoms with Crippen molar-refractivity contribution < 1.29 is 9.18 Å². The normalized spacial score (nSPS) is 12.0. The summed E-state index contributed by atoms with van der Waals surface area (Å²) in [5.41, 5.74) is 1.39. The predicted octanol–water partition coefficient (Wildman–Crippen LogP) is 4.39. The quantitative estimate of drug-likeness (QED) is 0.656. The van der Waals surface area contributed by atoms with Crippen LogP contribution in [0.5, 0.6) is 0 Å². The Hall–Kier alpha value is -2.38. The molecule has 8 heteroatoms. The number of amides is 1. The van der Waals surface area contributed by atoms with Gasteiger partial charge in [-0.1, -0.05) is 53.7 Å². The molecule has 3 rings (SSSR count). The lowest BCUT2D eigenvalue weighted by molar-refractivity contribution is -0.115. The van der Waals surface area contributed by atoms with Gasteiger partial charge in [0, 0.05) is 18.3 Å². The van der Waals surface area contributed by atoms with Crippen molar-refractivity contribution in [3.05, 3.63) is 59.4 Å². The van der Waals surface area contributed by atoms with Crippen LogP contribution in [0.3, 0.4) is 0 Å². The van der Waals surface area contributed by atoms with Gasteiger partial charge in [0.1, 0.15) is 5.82 Å². The van der Waals surface area contributed by atoms with Crippen molar-refractivity contribution >= 4 is 35.0 Å². The number of hydrogen-bond donors (Lipinski definition) is 1. The van der Waals surface area contributed by atoms with Crippen LogP contribution in [0.4, 0.5) is 10.1 Å². The number of thioether (sulfide) groups is 1. The minimum atomic E-state index is -0.528. The summed E-state index contributed by atoms with van der Waals surface area (Å²) in [5, 5.41) is 11.3. The van der Waals surface area contributed by atoms with Crippen molar-refractivity contribution in [1.29, 1.82) is 0 Å². The van der Waals surface area contributed by atoms with Crippen LogP contribution < -0.4 is 5.32 Å². The van der Waals surface area contributed by atoms with E-state index in [2.05, 4.69) is 15.5 Å². The lowest BCUT2D eigenvalue weighted by atomic mass is 10.2. The van der Waals surface area contributed by atoms with Crippen molar-refractivity contribution in [2.75, 3.05) is 5.32 Å². The fourth-order valence-electron chi connectivity index (χ4n) is 2.29. The fraction of sp³-hybridized carbons (Fsp3) is 0.167. The Morgan fingerprint density at radius 1 is 1.23 bits per heavy atom. The molecule has 1 N–H and O–H groups in total. The number of carbonyl (C=O) groups excluding carboxylic acids is 1. The molecule has 5 nitrogen and oxygen atoms in total. The molecule has 1 atom stereocenters. The Kier molecular flexibility index (Phi) is 5.58. The van der Waals surface area contributed by atoms with E-state index in [-0.39, 0.29) is 10.9 Å². The molecule has 1 aromatic heterocycles. The van der Waals surface area contributed by atoms with E-state index < -0.39 is 11.1 Å². The molecular formula is C18H16ClFN4OS. The van der Waals surface area contributed by atoms with Crippen LogP contribution in [0.2, 0.25) is 5.02 Å². The van der Waals surface area contributed by atoms with Crippen LogP contribution in [0.25, 0.3) is 11.4 Å². The zero-order valence-corrected chi connectivity index (χ0v) is 15.7. The summed E-state index contributed by atoms with van der Waals surface area (Å²) in [4.78, 5) is 12.4. The molecule has 134 valence electrons. The minimum absolute atomic E-state index is 0.0380. The number of hydrogen-bond acceptors (Lipinski definition) is 4. The molecule has 3 aromatic rings. The number of benzene rings is 2. The molecule has 0 aliphatic rings. The third-order valence-electron chi connectivity index (χ3n) is 3.71. The first-order valence-corrected chi connectivity index (χ1v) is 9.09. The Morgan fingerprint density at radius 2 is 1.96 bits per heavy atom. The van der Waals surface area contributed by atoms with Crippen molar-refractivity contribution in [3.63, 3.8) is 0 Å². The van der Waals surface area contributed by atoms with Crippen molar-refractivity contribution in [3.8, 4) is 11.4 Å². The average Bonchev–Trinajstić information content (AvgIpc) is 2.99. The third-order valence-corrected chi connectivity index (χ3v) is 5.13. The zero-order chi connectivity index (χ0) is 18.7. The van der Waals surface area contributed by atoms with E-state index in [4.69, 9.17) is 11.6 Å². The second-order valence-electron chi connectivity index (χ2n) is 5.61. The van der Waals surface area contributed by atoms with Crippen LogP contribution in [0.1, 0.15) is 6.92 Å². The van der Waals surface area contributed by atoms with Crippen molar-refractivity contribution in [1.82, 2.24) is 14.8 Å². The van der Waals surface area contributed by atoms with Gasteiger partial charge >= 0.3 is 0 Å². The second kappa shape index (κ2) is 7.88. The molecule has 1 heterocycles. The summed E-state index contributed by atoms with van der Waals surface area (Å²) in [6.45, 7) is 1.77. The van der Waals surface area contributed by atoms with Crippen molar-refractivity contribution in [2.45, 2.75) is 17.3 Å². The SMILES string of the molecule is C[C@@H](Sc1nnc(-c2ccccc2)n1C)C(=O)Nc1ccc(F)c(Cl)c1. The molecule has 0 radical (unpaired) electrons. The van der Waals surface area contributed by atoms with E-state index in [1.54, 1.807) is 6.92 Å². The van der Waals surface area contributed by atoms with Gasteiger partial charge in [0.25, 0.3) is 0 Å². The lowest BCUT2D eigenvalue weighted by Crippen LogP contribution is -2.22. The first kappa shape index (κ1) is 18.4. The molecule has 0 saturated carbocycles. The van der Waals surface area contributed by atoms with E-state index in [1.165, 1.54) is 30.0 Å². The molecule has 0 unspecified atom stereocenters. The first-order chi connectivity index (χ1) is 12.5. The maximum Gasteiger partial charge on any atom is 0.237 e. The van der Waals surface area contributed by atoms with Gasteiger partial charge in [-0.2, -0.15) is 0 Å². The largest absolute Gasteiger partial charge is 0.325 e.